The minimum Gasteiger partial charge on any atom is -0.511 e. The van der Waals surface area contributed by atoms with Gasteiger partial charge in [0.15, 0.2) is 0 Å². The zero-order valence-electron chi connectivity index (χ0n) is 30.4. The Bertz CT molecular complexity index is 892. The summed E-state index contributed by atoms with van der Waals surface area (Å²) in [6, 6.07) is -0.807. The highest BCUT2D eigenvalue weighted by Crippen LogP contribution is 2.28. The van der Waals surface area contributed by atoms with Crippen molar-refractivity contribution in [3.63, 3.8) is 0 Å². The zero-order chi connectivity index (χ0) is 34.9. The van der Waals surface area contributed by atoms with Gasteiger partial charge >= 0.3 is 11.9 Å². The quantitative estimate of drug-likeness (QED) is 0.0471. The summed E-state index contributed by atoms with van der Waals surface area (Å²) in [5, 5.41) is 33.4. The number of aliphatic hydroxyl groups is 1. The van der Waals surface area contributed by atoms with E-state index in [-0.39, 0.29) is 25.3 Å². The van der Waals surface area contributed by atoms with E-state index < -0.39 is 18.0 Å². The van der Waals surface area contributed by atoms with E-state index in [0.717, 1.165) is 63.5 Å². The second kappa shape index (κ2) is 26.7. The van der Waals surface area contributed by atoms with Crippen LogP contribution in [0, 0.1) is 5.92 Å². The lowest BCUT2D eigenvalue weighted by Crippen LogP contribution is -2.47. The predicted molar refractivity (Wildman–Crippen MR) is 191 cm³/mol. The van der Waals surface area contributed by atoms with Crippen LogP contribution in [-0.2, 0) is 14.4 Å². The van der Waals surface area contributed by atoms with Crippen molar-refractivity contribution in [2.24, 2.45) is 5.92 Å². The molecule has 0 heterocycles. The van der Waals surface area contributed by atoms with Gasteiger partial charge in [-0.1, -0.05) is 85.5 Å². The largest absolute Gasteiger partial charge is 0.511 e. The van der Waals surface area contributed by atoms with Crippen LogP contribution in [0.5, 0.6) is 0 Å². The minimum atomic E-state index is -0.953. The third-order valence-electron chi connectivity index (χ3n) is 9.65. The molecule has 1 amide bonds. The number of carboxylic acids is 2. The molecule has 0 spiro atoms. The molecular weight excluding hydrogens is 596 g/mol. The van der Waals surface area contributed by atoms with E-state index in [1.54, 1.807) is 0 Å². The van der Waals surface area contributed by atoms with Crippen molar-refractivity contribution >= 4 is 17.8 Å². The molecule has 1 aliphatic carbocycles. The molecule has 10 heteroatoms. The number of rotatable bonds is 31. The normalized spacial score (nSPS) is 14.4. The summed E-state index contributed by atoms with van der Waals surface area (Å²) in [7, 11) is 0. The summed E-state index contributed by atoms with van der Waals surface area (Å²) in [4.78, 5) is 42.6. The molecule has 1 saturated carbocycles. The molecule has 0 aromatic rings. The number of amides is 1. The number of aliphatic carboxylic acids is 2. The van der Waals surface area contributed by atoms with Gasteiger partial charge in [-0.3, -0.25) is 29.1 Å². The number of carbonyl (C=O) groups excluding carboxylic acids is 1. The standard InChI is InChI=1S/C37H70N4O6/c1-5-8-9-10-11-12-13-14-15-22-38-35(43)20-19-33(37(46)47)41(23-6-2)28-27-40(30-36(44)45)26-25-39(24-21-31(4)7-3)29-34(42)32-17-16-18-32/h31,33,42H,5-30H2,1-4H3,(H,38,43)(H,44,45)(H,46,47). The average Bonchev–Trinajstić information content (AvgIpc) is 3.00. The fraction of sp³-hybridized carbons (Fsp3) is 0.865. The van der Waals surface area contributed by atoms with Crippen molar-refractivity contribution in [1.82, 2.24) is 20.0 Å². The smallest absolute Gasteiger partial charge is 0.320 e. The molecular formula is C37H70N4O6. The van der Waals surface area contributed by atoms with Crippen LogP contribution >= 0.6 is 0 Å². The molecule has 274 valence electrons. The summed E-state index contributed by atoms with van der Waals surface area (Å²) in [6.07, 6.45) is 17.2. The summed E-state index contributed by atoms with van der Waals surface area (Å²) < 4.78 is 0. The van der Waals surface area contributed by atoms with Crippen LogP contribution in [0.1, 0.15) is 137 Å². The number of allylic oxidation sites excluding steroid dienone is 1. The molecule has 1 aliphatic rings. The van der Waals surface area contributed by atoms with Crippen LogP contribution in [0.2, 0.25) is 0 Å². The van der Waals surface area contributed by atoms with Gasteiger partial charge in [0.2, 0.25) is 5.91 Å². The highest BCUT2D eigenvalue weighted by Gasteiger charge is 2.27. The molecule has 0 saturated heterocycles. The summed E-state index contributed by atoms with van der Waals surface area (Å²) >= 11 is 0. The number of nitrogens with zero attached hydrogens (tertiary/aromatic N) is 3. The van der Waals surface area contributed by atoms with Crippen molar-refractivity contribution in [1.29, 1.82) is 0 Å². The van der Waals surface area contributed by atoms with E-state index in [4.69, 9.17) is 0 Å². The van der Waals surface area contributed by atoms with Gasteiger partial charge in [-0.05, 0) is 69.5 Å². The van der Waals surface area contributed by atoms with Crippen molar-refractivity contribution in [2.45, 2.75) is 143 Å². The Morgan fingerprint density at radius 2 is 1.32 bits per heavy atom. The first-order chi connectivity index (χ1) is 22.6. The minimum absolute atomic E-state index is 0.114. The number of hydrogen-bond acceptors (Lipinski definition) is 7. The number of hydrogen-bond donors (Lipinski definition) is 4. The van der Waals surface area contributed by atoms with Gasteiger partial charge in [-0.2, -0.15) is 0 Å². The van der Waals surface area contributed by atoms with Gasteiger partial charge in [0.25, 0.3) is 0 Å². The molecule has 1 rings (SSSR count). The van der Waals surface area contributed by atoms with E-state index >= 15 is 0 Å². The Balaban J connectivity index is 2.64. The van der Waals surface area contributed by atoms with E-state index in [1.807, 2.05) is 16.7 Å². The van der Waals surface area contributed by atoms with Gasteiger partial charge in [0.1, 0.15) is 11.8 Å². The molecule has 2 unspecified atom stereocenters. The van der Waals surface area contributed by atoms with Gasteiger partial charge in [0.05, 0.1) is 13.1 Å². The molecule has 0 bridgehead atoms. The first-order valence-electron chi connectivity index (χ1n) is 18.9. The maximum absolute atomic E-state index is 12.6. The van der Waals surface area contributed by atoms with Crippen LogP contribution in [-0.4, -0.2) is 113 Å². The number of nitrogens with one attached hydrogen (secondary N) is 1. The number of aliphatic hydroxyl groups excluding tert-OH is 1. The van der Waals surface area contributed by atoms with E-state index in [0.29, 0.717) is 57.5 Å². The third-order valence-corrected chi connectivity index (χ3v) is 9.65. The first kappa shape index (κ1) is 42.9. The zero-order valence-corrected chi connectivity index (χ0v) is 30.4. The molecule has 0 radical (unpaired) electrons. The Labute approximate surface area is 286 Å². The van der Waals surface area contributed by atoms with Crippen LogP contribution in [0.3, 0.4) is 0 Å². The van der Waals surface area contributed by atoms with Crippen LogP contribution in [0.15, 0.2) is 11.3 Å². The SMILES string of the molecule is CCCCCCCCCCCNC(=O)CCC(C(=O)O)N(CCC)CCN(CCN(CCC(C)CC)CC(O)=C1CCC1)CC(=O)O. The first-order valence-corrected chi connectivity index (χ1v) is 18.9. The molecule has 4 N–H and O–H groups in total. The Hall–Kier alpha value is -2.17. The van der Waals surface area contributed by atoms with Gasteiger partial charge < -0.3 is 20.6 Å². The average molecular weight is 667 g/mol. The van der Waals surface area contributed by atoms with Crippen LogP contribution in [0.4, 0.5) is 0 Å². The van der Waals surface area contributed by atoms with E-state index in [2.05, 4.69) is 31.0 Å². The van der Waals surface area contributed by atoms with Crippen molar-refractivity contribution < 1.29 is 29.7 Å². The molecule has 0 aromatic heterocycles. The van der Waals surface area contributed by atoms with E-state index in [9.17, 15) is 29.7 Å². The molecule has 0 aliphatic heterocycles. The summed E-state index contributed by atoms with van der Waals surface area (Å²) in [6.45, 7) is 12.9. The van der Waals surface area contributed by atoms with Crippen LogP contribution in [0.25, 0.3) is 0 Å². The van der Waals surface area contributed by atoms with Gasteiger partial charge in [0, 0.05) is 39.1 Å². The Kier molecular flexibility index (Phi) is 24.4. The lowest BCUT2D eigenvalue weighted by atomic mass is 9.91. The Morgan fingerprint density at radius 3 is 1.85 bits per heavy atom. The van der Waals surface area contributed by atoms with Crippen molar-refractivity contribution in [2.75, 3.05) is 58.9 Å². The second-order valence-electron chi connectivity index (χ2n) is 13.8. The highest BCUT2D eigenvalue weighted by atomic mass is 16.4. The number of carbonyl (C=O) groups is 3. The molecule has 0 aromatic carbocycles. The summed E-state index contributed by atoms with van der Waals surface area (Å²) in [5.41, 5.74) is 1.13. The fourth-order valence-electron chi connectivity index (χ4n) is 6.05. The second-order valence-corrected chi connectivity index (χ2v) is 13.8. The lowest BCUT2D eigenvalue weighted by Gasteiger charge is -2.32. The van der Waals surface area contributed by atoms with Gasteiger partial charge in [-0.25, -0.2) is 0 Å². The third kappa shape index (κ3) is 20.7. The maximum Gasteiger partial charge on any atom is 0.320 e. The van der Waals surface area contributed by atoms with Crippen molar-refractivity contribution in [3.8, 4) is 0 Å². The monoisotopic (exact) mass is 667 g/mol. The number of carboxylic acid groups (broad SMARTS) is 2. The summed E-state index contributed by atoms with van der Waals surface area (Å²) in [5.74, 6) is -0.960. The highest BCUT2D eigenvalue weighted by molar-refractivity contribution is 5.78. The van der Waals surface area contributed by atoms with Crippen LogP contribution < -0.4 is 5.32 Å². The number of unbranched alkanes of at least 4 members (excludes halogenated alkanes) is 8. The molecule has 47 heavy (non-hydrogen) atoms. The predicted octanol–water partition coefficient (Wildman–Crippen LogP) is 6.70. The van der Waals surface area contributed by atoms with E-state index in [1.165, 1.54) is 44.9 Å². The van der Waals surface area contributed by atoms with Gasteiger partial charge in [-0.15, -0.1) is 0 Å². The topological polar surface area (TPSA) is 134 Å². The lowest BCUT2D eigenvalue weighted by molar-refractivity contribution is -0.144. The maximum atomic E-state index is 12.6. The van der Waals surface area contributed by atoms with Crippen molar-refractivity contribution in [3.05, 3.63) is 11.3 Å². The Morgan fingerprint density at radius 1 is 0.723 bits per heavy atom. The fourth-order valence-corrected chi connectivity index (χ4v) is 6.05. The molecule has 1 fully saturated rings. The molecule has 10 nitrogen and oxygen atoms in total. The molecule has 2 atom stereocenters.